The molecule has 0 amide bonds. The van der Waals surface area contributed by atoms with Gasteiger partial charge in [-0.25, -0.2) is 0 Å². The van der Waals surface area contributed by atoms with E-state index < -0.39 is 0 Å². The molecule has 0 aromatic carbocycles. The van der Waals surface area contributed by atoms with Crippen molar-refractivity contribution in [3.63, 3.8) is 0 Å². The first-order valence-corrected chi connectivity index (χ1v) is 5.14. The van der Waals surface area contributed by atoms with Gasteiger partial charge in [0, 0.05) is 13.2 Å². The molecule has 0 aromatic heterocycles. The van der Waals surface area contributed by atoms with Crippen LogP contribution in [0.5, 0.6) is 0 Å². The zero-order chi connectivity index (χ0) is 9.52. The van der Waals surface area contributed by atoms with Gasteiger partial charge in [-0.05, 0) is 25.2 Å². The number of terminal acetylenes is 1. The van der Waals surface area contributed by atoms with Gasteiger partial charge in [0.15, 0.2) is 0 Å². The highest BCUT2D eigenvalue weighted by atomic mass is 16.5. The highest BCUT2D eigenvalue weighted by Gasteiger charge is 2.14. The predicted molar refractivity (Wildman–Crippen MR) is 54.5 cm³/mol. The summed E-state index contributed by atoms with van der Waals surface area (Å²) >= 11 is 0. The van der Waals surface area contributed by atoms with Gasteiger partial charge >= 0.3 is 0 Å². The third-order valence-electron chi connectivity index (χ3n) is 2.52. The Labute approximate surface area is 81.0 Å². The quantitative estimate of drug-likeness (QED) is 0.662. The second-order valence-electron chi connectivity index (χ2n) is 3.62. The highest BCUT2D eigenvalue weighted by Crippen LogP contribution is 2.12. The number of hydrogen-bond acceptors (Lipinski definition) is 2. The Bertz CT molecular complexity index is 167. The van der Waals surface area contributed by atoms with Crippen molar-refractivity contribution < 1.29 is 4.74 Å². The maximum atomic E-state index is 5.39. The molecule has 1 N–H and O–H groups in total. The van der Waals surface area contributed by atoms with Gasteiger partial charge < -0.3 is 10.1 Å². The summed E-state index contributed by atoms with van der Waals surface area (Å²) in [5.41, 5.74) is 0. The minimum Gasteiger partial charge on any atom is -0.381 e. The van der Waals surface area contributed by atoms with Crippen LogP contribution in [0.15, 0.2) is 0 Å². The summed E-state index contributed by atoms with van der Waals surface area (Å²) in [5.74, 6) is 3.40. The van der Waals surface area contributed by atoms with E-state index in [0.29, 0.717) is 5.92 Å². The molecule has 2 atom stereocenters. The average Bonchev–Trinajstić information content (AvgIpc) is 2.21. The summed E-state index contributed by atoms with van der Waals surface area (Å²) < 4.78 is 5.39. The summed E-state index contributed by atoms with van der Waals surface area (Å²) in [6.07, 6.45) is 8.82. The van der Waals surface area contributed by atoms with Crippen molar-refractivity contribution in [3.05, 3.63) is 0 Å². The standard InChI is InChI=1S/C11H19NO/c1-3-11(4-2)12-8-10-6-5-7-13-9-10/h1,10-12H,4-9H2,2H3. The van der Waals surface area contributed by atoms with Crippen LogP contribution < -0.4 is 5.32 Å². The molecule has 13 heavy (non-hydrogen) atoms. The molecule has 1 aliphatic heterocycles. The van der Waals surface area contributed by atoms with Crippen molar-refractivity contribution in [3.8, 4) is 12.3 Å². The minimum atomic E-state index is 0.238. The molecule has 74 valence electrons. The third kappa shape index (κ3) is 3.80. The number of hydrogen-bond donors (Lipinski definition) is 1. The van der Waals surface area contributed by atoms with Crippen LogP contribution in [0.2, 0.25) is 0 Å². The Morgan fingerprint density at radius 2 is 2.54 bits per heavy atom. The highest BCUT2D eigenvalue weighted by molar-refractivity contribution is 4.97. The molecular weight excluding hydrogens is 162 g/mol. The van der Waals surface area contributed by atoms with Crippen molar-refractivity contribution >= 4 is 0 Å². The Balaban J connectivity index is 2.13. The predicted octanol–water partition coefficient (Wildman–Crippen LogP) is 1.41. The molecular formula is C11H19NO. The first-order valence-electron chi connectivity index (χ1n) is 5.14. The molecule has 1 aliphatic rings. The number of nitrogens with one attached hydrogen (secondary N) is 1. The monoisotopic (exact) mass is 181 g/mol. The second kappa shape index (κ2) is 6.01. The molecule has 0 spiro atoms. The van der Waals surface area contributed by atoms with Crippen LogP contribution in [0.1, 0.15) is 26.2 Å². The van der Waals surface area contributed by atoms with E-state index in [9.17, 15) is 0 Å². The van der Waals surface area contributed by atoms with E-state index in [2.05, 4.69) is 18.2 Å². The summed E-state index contributed by atoms with van der Waals surface area (Å²) in [6, 6.07) is 0.238. The lowest BCUT2D eigenvalue weighted by atomic mass is 10.0. The molecule has 0 radical (unpaired) electrons. The summed E-state index contributed by atoms with van der Waals surface area (Å²) in [4.78, 5) is 0. The van der Waals surface area contributed by atoms with E-state index in [1.54, 1.807) is 0 Å². The molecule has 0 bridgehead atoms. The van der Waals surface area contributed by atoms with Gasteiger partial charge in [-0.15, -0.1) is 6.42 Å². The van der Waals surface area contributed by atoms with Crippen LogP contribution in [0.3, 0.4) is 0 Å². The number of rotatable bonds is 4. The lowest BCUT2D eigenvalue weighted by Gasteiger charge is -2.23. The Morgan fingerprint density at radius 3 is 3.08 bits per heavy atom. The van der Waals surface area contributed by atoms with E-state index in [0.717, 1.165) is 26.2 Å². The molecule has 0 aromatic rings. The van der Waals surface area contributed by atoms with Crippen molar-refractivity contribution in [2.75, 3.05) is 19.8 Å². The number of ether oxygens (including phenoxy) is 1. The summed E-state index contributed by atoms with van der Waals surface area (Å²) in [5, 5.41) is 3.37. The lowest BCUT2D eigenvalue weighted by molar-refractivity contribution is 0.0543. The zero-order valence-corrected chi connectivity index (χ0v) is 8.38. The van der Waals surface area contributed by atoms with Crippen LogP contribution in [0, 0.1) is 18.3 Å². The fourth-order valence-electron chi connectivity index (χ4n) is 1.60. The van der Waals surface area contributed by atoms with Crippen LogP contribution in [0.4, 0.5) is 0 Å². The van der Waals surface area contributed by atoms with Crippen molar-refractivity contribution in [1.29, 1.82) is 0 Å². The maximum Gasteiger partial charge on any atom is 0.0684 e. The fraction of sp³-hybridized carbons (Fsp3) is 0.818. The molecule has 1 rings (SSSR count). The van der Waals surface area contributed by atoms with Gasteiger partial charge in [0.05, 0.1) is 12.6 Å². The van der Waals surface area contributed by atoms with Crippen molar-refractivity contribution in [1.82, 2.24) is 5.32 Å². The lowest BCUT2D eigenvalue weighted by Crippen LogP contribution is -2.35. The van der Waals surface area contributed by atoms with Gasteiger partial charge in [-0.3, -0.25) is 0 Å². The summed E-state index contributed by atoms with van der Waals surface area (Å²) in [7, 11) is 0. The smallest absolute Gasteiger partial charge is 0.0684 e. The van der Waals surface area contributed by atoms with E-state index in [1.165, 1.54) is 12.8 Å². The van der Waals surface area contributed by atoms with Gasteiger partial charge in [0.2, 0.25) is 0 Å². The zero-order valence-electron chi connectivity index (χ0n) is 8.38. The Morgan fingerprint density at radius 1 is 1.69 bits per heavy atom. The molecule has 1 fully saturated rings. The van der Waals surface area contributed by atoms with Crippen LogP contribution in [-0.4, -0.2) is 25.8 Å². The molecule has 2 unspecified atom stereocenters. The molecule has 1 heterocycles. The Kier molecular flexibility index (Phi) is 4.88. The molecule has 1 saturated heterocycles. The first-order chi connectivity index (χ1) is 6.36. The summed E-state index contributed by atoms with van der Waals surface area (Å²) in [6.45, 7) is 4.94. The van der Waals surface area contributed by atoms with Crippen molar-refractivity contribution in [2.24, 2.45) is 5.92 Å². The van der Waals surface area contributed by atoms with E-state index >= 15 is 0 Å². The third-order valence-corrected chi connectivity index (χ3v) is 2.52. The molecule has 2 heteroatoms. The minimum absolute atomic E-state index is 0.238. The maximum absolute atomic E-state index is 5.39. The Hall–Kier alpha value is -0.520. The molecule has 0 aliphatic carbocycles. The first kappa shape index (κ1) is 10.6. The van der Waals surface area contributed by atoms with E-state index in [-0.39, 0.29) is 6.04 Å². The van der Waals surface area contributed by atoms with Crippen LogP contribution in [0.25, 0.3) is 0 Å². The van der Waals surface area contributed by atoms with Gasteiger partial charge in [0.1, 0.15) is 0 Å². The average molecular weight is 181 g/mol. The normalized spacial score (nSPS) is 25.1. The van der Waals surface area contributed by atoms with E-state index in [4.69, 9.17) is 11.2 Å². The SMILES string of the molecule is C#CC(CC)NCC1CCCOC1. The van der Waals surface area contributed by atoms with Crippen LogP contribution >= 0.6 is 0 Å². The second-order valence-corrected chi connectivity index (χ2v) is 3.62. The van der Waals surface area contributed by atoms with Crippen molar-refractivity contribution in [2.45, 2.75) is 32.2 Å². The van der Waals surface area contributed by atoms with Gasteiger partial charge in [0.25, 0.3) is 0 Å². The fourth-order valence-corrected chi connectivity index (χ4v) is 1.60. The topological polar surface area (TPSA) is 21.3 Å². The van der Waals surface area contributed by atoms with Gasteiger partial charge in [-0.2, -0.15) is 0 Å². The molecule has 0 saturated carbocycles. The van der Waals surface area contributed by atoms with Crippen LogP contribution in [-0.2, 0) is 4.74 Å². The largest absolute Gasteiger partial charge is 0.381 e. The van der Waals surface area contributed by atoms with Gasteiger partial charge in [-0.1, -0.05) is 12.8 Å². The molecule has 2 nitrogen and oxygen atoms in total. The van der Waals surface area contributed by atoms with E-state index in [1.807, 2.05) is 0 Å².